The minimum Gasteiger partial charge on any atom is -0.481 e. The van der Waals surface area contributed by atoms with Crippen LogP contribution in [0.1, 0.15) is 33.6 Å². The third-order valence-electron chi connectivity index (χ3n) is 2.56. The summed E-state index contributed by atoms with van der Waals surface area (Å²) in [6.07, 6.45) is -0.926. The van der Waals surface area contributed by atoms with E-state index in [4.69, 9.17) is 9.84 Å². The van der Waals surface area contributed by atoms with Crippen LogP contribution in [0, 0.1) is 5.92 Å². The van der Waals surface area contributed by atoms with Gasteiger partial charge in [-0.05, 0) is 33.6 Å². The van der Waals surface area contributed by atoms with Crippen LogP contribution >= 0.6 is 0 Å². The molecule has 0 radical (unpaired) electrons. The fourth-order valence-corrected chi connectivity index (χ4v) is 1.90. The number of carboxylic acids is 1. The summed E-state index contributed by atoms with van der Waals surface area (Å²) in [5.41, 5.74) is -0.625. The van der Waals surface area contributed by atoms with E-state index in [1.807, 2.05) is 0 Å². The van der Waals surface area contributed by atoms with Crippen molar-refractivity contribution < 1.29 is 24.5 Å². The molecule has 1 fully saturated rings. The molecule has 6 heteroatoms. The van der Waals surface area contributed by atoms with E-state index in [9.17, 15) is 14.7 Å². The van der Waals surface area contributed by atoms with E-state index in [2.05, 4.69) is 5.32 Å². The van der Waals surface area contributed by atoms with Crippen molar-refractivity contribution in [3.63, 3.8) is 0 Å². The Bertz CT molecular complexity index is 309. The second-order valence-electron chi connectivity index (χ2n) is 5.32. The van der Waals surface area contributed by atoms with E-state index in [0.29, 0.717) is 0 Å². The molecule has 0 heterocycles. The molecule has 0 bridgehead atoms. The van der Waals surface area contributed by atoms with Crippen molar-refractivity contribution in [2.75, 3.05) is 0 Å². The summed E-state index contributed by atoms with van der Waals surface area (Å²) in [4.78, 5) is 22.4. The van der Waals surface area contributed by atoms with Crippen LogP contribution in [0.2, 0.25) is 0 Å². The Balaban J connectivity index is 2.55. The lowest BCUT2D eigenvalue weighted by molar-refractivity contribution is -0.142. The molecule has 0 aromatic heterocycles. The first kappa shape index (κ1) is 13.8. The number of alkyl carbamates (subject to hydrolysis) is 1. The van der Waals surface area contributed by atoms with Gasteiger partial charge in [0.15, 0.2) is 0 Å². The number of carboxylic acid groups (broad SMARTS) is 1. The number of rotatable bonds is 2. The van der Waals surface area contributed by atoms with Crippen molar-refractivity contribution >= 4 is 12.1 Å². The zero-order valence-corrected chi connectivity index (χ0v) is 10.3. The van der Waals surface area contributed by atoms with Crippen molar-refractivity contribution in [1.29, 1.82) is 0 Å². The van der Waals surface area contributed by atoms with E-state index in [1.165, 1.54) is 0 Å². The Morgan fingerprint density at radius 1 is 1.29 bits per heavy atom. The summed E-state index contributed by atoms with van der Waals surface area (Å²) >= 11 is 0. The molecule has 6 nitrogen and oxygen atoms in total. The van der Waals surface area contributed by atoms with Gasteiger partial charge in [0.2, 0.25) is 0 Å². The van der Waals surface area contributed by atoms with Gasteiger partial charge in [0.25, 0.3) is 0 Å². The molecule has 3 unspecified atom stereocenters. The summed E-state index contributed by atoms with van der Waals surface area (Å²) in [5, 5.41) is 20.8. The van der Waals surface area contributed by atoms with Crippen molar-refractivity contribution in [1.82, 2.24) is 5.32 Å². The van der Waals surface area contributed by atoms with Crippen LogP contribution in [0.4, 0.5) is 4.79 Å². The smallest absolute Gasteiger partial charge is 0.407 e. The molecular weight excluding hydrogens is 226 g/mol. The van der Waals surface area contributed by atoms with Crippen LogP contribution in [0.25, 0.3) is 0 Å². The van der Waals surface area contributed by atoms with Gasteiger partial charge in [0.05, 0.1) is 12.0 Å². The van der Waals surface area contributed by atoms with Crippen molar-refractivity contribution in [2.24, 2.45) is 5.92 Å². The normalized spacial score (nSPS) is 28.8. The maximum Gasteiger partial charge on any atom is 0.407 e. The maximum atomic E-state index is 11.5. The minimum atomic E-state index is -1.01. The number of carbonyl (C=O) groups is 2. The predicted octanol–water partition coefficient (Wildman–Crippen LogP) is 0.735. The number of ether oxygens (including phenoxy) is 1. The first-order valence-corrected chi connectivity index (χ1v) is 5.59. The lowest BCUT2D eigenvalue weighted by atomic mass is 10.0. The number of aliphatic carboxylic acids is 1. The summed E-state index contributed by atoms with van der Waals surface area (Å²) in [6, 6.07) is -0.572. The molecule has 3 N–H and O–H groups in total. The zero-order chi connectivity index (χ0) is 13.2. The molecular formula is C11H19NO5. The molecule has 98 valence electrons. The average molecular weight is 245 g/mol. The highest BCUT2D eigenvalue weighted by molar-refractivity contribution is 5.74. The van der Waals surface area contributed by atoms with Crippen LogP contribution in [0.15, 0.2) is 0 Å². The summed E-state index contributed by atoms with van der Waals surface area (Å²) in [5.74, 6) is -1.76. The summed E-state index contributed by atoms with van der Waals surface area (Å²) < 4.78 is 5.04. The molecule has 0 aromatic rings. The highest BCUT2D eigenvalue weighted by Gasteiger charge is 2.39. The second-order valence-corrected chi connectivity index (χ2v) is 5.32. The van der Waals surface area contributed by atoms with Crippen LogP contribution in [-0.4, -0.2) is 40.0 Å². The molecule has 1 saturated carbocycles. The van der Waals surface area contributed by atoms with Gasteiger partial charge < -0.3 is 20.3 Å². The van der Waals surface area contributed by atoms with E-state index in [-0.39, 0.29) is 12.8 Å². The monoisotopic (exact) mass is 245 g/mol. The molecule has 17 heavy (non-hydrogen) atoms. The van der Waals surface area contributed by atoms with E-state index in [0.717, 1.165) is 0 Å². The molecule has 0 aliphatic heterocycles. The Morgan fingerprint density at radius 2 is 1.88 bits per heavy atom. The van der Waals surface area contributed by atoms with Gasteiger partial charge >= 0.3 is 12.1 Å². The fraction of sp³-hybridized carbons (Fsp3) is 0.818. The predicted molar refractivity (Wildman–Crippen MR) is 59.5 cm³/mol. The third kappa shape index (κ3) is 4.22. The number of hydrogen-bond donors (Lipinski definition) is 3. The van der Waals surface area contributed by atoms with Crippen LogP contribution in [0.3, 0.4) is 0 Å². The highest BCUT2D eigenvalue weighted by atomic mass is 16.6. The number of hydrogen-bond acceptors (Lipinski definition) is 4. The lowest BCUT2D eigenvalue weighted by Crippen LogP contribution is -2.42. The number of nitrogens with one attached hydrogen (secondary N) is 1. The first-order valence-electron chi connectivity index (χ1n) is 5.59. The second kappa shape index (κ2) is 4.91. The summed E-state index contributed by atoms with van der Waals surface area (Å²) in [7, 11) is 0. The summed E-state index contributed by atoms with van der Waals surface area (Å²) in [6.45, 7) is 5.18. The molecule has 3 atom stereocenters. The van der Waals surface area contributed by atoms with Crippen LogP contribution < -0.4 is 5.32 Å². The number of aliphatic hydroxyl groups is 1. The van der Waals surface area contributed by atoms with Gasteiger partial charge in [0, 0.05) is 6.04 Å². The van der Waals surface area contributed by atoms with Crippen molar-refractivity contribution in [3.8, 4) is 0 Å². The first-order chi connectivity index (χ1) is 7.69. The van der Waals surface area contributed by atoms with E-state index < -0.39 is 35.7 Å². The molecule has 1 aliphatic carbocycles. The van der Waals surface area contributed by atoms with Gasteiger partial charge in [0.1, 0.15) is 5.60 Å². The topological polar surface area (TPSA) is 95.9 Å². The quantitative estimate of drug-likeness (QED) is 0.666. The van der Waals surface area contributed by atoms with E-state index in [1.54, 1.807) is 20.8 Å². The van der Waals surface area contributed by atoms with Crippen molar-refractivity contribution in [2.45, 2.75) is 51.4 Å². The standard InChI is InChI=1S/C11H19NO5/c1-11(2,3)17-10(16)12-8-5-6(13)4-7(8)9(14)15/h6-8,13H,4-5H2,1-3H3,(H,12,16)(H,14,15). The van der Waals surface area contributed by atoms with Gasteiger partial charge in [-0.2, -0.15) is 0 Å². The third-order valence-corrected chi connectivity index (χ3v) is 2.56. The minimum absolute atomic E-state index is 0.162. The average Bonchev–Trinajstić information content (AvgIpc) is 2.42. The molecule has 1 rings (SSSR count). The Labute approximate surface area is 100.0 Å². The molecule has 1 aliphatic rings. The molecule has 1 amide bonds. The molecule has 0 spiro atoms. The fourth-order valence-electron chi connectivity index (χ4n) is 1.90. The van der Waals surface area contributed by atoms with Gasteiger partial charge in [-0.3, -0.25) is 4.79 Å². The van der Waals surface area contributed by atoms with Crippen LogP contribution in [-0.2, 0) is 9.53 Å². The molecule has 0 aromatic carbocycles. The zero-order valence-electron chi connectivity index (χ0n) is 10.3. The van der Waals surface area contributed by atoms with Gasteiger partial charge in [-0.1, -0.05) is 0 Å². The van der Waals surface area contributed by atoms with Gasteiger partial charge in [-0.25, -0.2) is 4.79 Å². The SMILES string of the molecule is CC(C)(C)OC(=O)NC1CC(O)CC1C(=O)O. The Kier molecular flexibility index (Phi) is 3.98. The maximum absolute atomic E-state index is 11.5. The van der Waals surface area contributed by atoms with Crippen LogP contribution in [0.5, 0.6) is 0 Å². The van der Waals surface area contributed by atoms with Gasteiger partial charge in [-0.15, -0.1) is 0 Å². The number of carbonyl (C=O) groups excluding carboxylic acids is 1. The molecule has 0 saturated heterocycles. The Hall–Kier alpha value is -1.30. The van der Waals surface area contributed by atoms with E-state index >= 15 is 0 Å². The number of amides is 1. The highest BCUT2D eigenvalue weighted by Crippen LogP contribution is 2.26. The lowest BCUT2D eigenvalue weighted by Gasteiger charge is -2.23. The number of aliphatic hydroxyl groups excluding tert-OH is 1. The van der Waals surface area contributed by atoms with Crippen molar-refractivity contribution in [3.05, 3.63) is 0 Å². The Morgan fingerprint density at radius 3 is 2.35 bits per heavy atom. The largest absolute Gasteiger partial charge is 0.481 e.